The molecule has 1 aliphatic heterocycles. The van der Waals surface area contributed by atoms with E-state index in [1.165, 1.54) is 41.3 Å². The summed E-state index contributed by atoms with van der Waals surface area (Å²) >= 11 is 0. The number of carbonyl (C=O) groups excluding carboxylic acids is 2. The van der Waals surface area contributed by atoms with Gasteiger partial charge in [0.1, 0.15) is 13.2 Å². The first kappa shape index (κ1) is 31.9. The van der Waals surface area contributed by atoms with Gasteiger partial charge in [-0.1, -0.05) is 24.3 Å². The van der Waals surface area contributed by atoms with Gasteiger partial charge in [0, 0.05) is 29.4 Å². The van der Waals surface area contributed by atoms with Crippen LogP contribution in [0.1, 0.15) is 5.56 Å². The predicted octanol–water partition coefficient (Wildman–Crippen LogP) is 3.78. The number of aromatic amines is 1. The highest BCUT2D eigenvalue weighted by molar-refractivity contribution is 5.94. The van der Waals surface area contributed by atoms with Gasteiger partial charge in [-0.05, 0) is 29.7 Å². The summed E-state index contributed by atoms with van der Waals surface area (Å²) in [5, 5.41) is 0.562. The first-order chi connectivity index (χ1) is 20.7. The molecule has 0 radical (unpaired) electrons. The summed E-state index contributed by atoms with van der Waals surface area (Å²) in [5.41, 5.74) is -1.29. The SMILES string of the molecule is COCCOCCOCCOCC(=O)OCC1CN(c2ccc3cc(-c4ccccc4C(F)(F)F)[nH]c(=O)c3c2)C(=O)O1. The average molecular weight is 609 g/mol. The molecular weight excluding hydrogens is 577 g/mol. The van der Waals surface area contributed by atoms with E-state index in [9.17, 15) is 27.6 Å². The third-order valence-corrected chi connectivity index (χ3v) is 6.36. The number of halogens is 3. The predicted molar refractivity (Wildman–Crippen MR) is 148 cm³/mol. The van der Waals surface area contributed by atoms with Gasteiger partial charge in [-0.2, -0.15) is 13.2 Å². The number of aromatic nitrogens is 1. The van der Waals surface area contributed by atoms with Crippen LogP contribution in [0.4, 0.5) is 23.7 Å². The fourth-order valence-electron chi connectivity index (χ4n) is 4.31. The number of cyclic esters (lactones) is 1. The zero-order valence-corrected chi connectivity index (χ0v) is 23.3. The van der Waals surface area contributed by atoms with Gasteiger partial charge in [0.25, 0.3) is 5.56 Å². The van der Waals surface area contributed by atoms with Gasteiger partial charge >= 0.3 is 18.2 Å². The summed E-state index contributed by atoms with van der Waals surface area (Å²) in [6.07, 6.45) is -6.06. The van der Waals surface area contributed by atoms with Gasteiger partial charge in [-0.15, -0.1) is 0 Å². The van der Waals surface area contributed by atoms with Crippen LogP contribution in [0, 0.1) is 0 Å². The molecule has 1 aliphatic rings. The van der Waals surface area contributed by atoms with Crippen LogP contribution >= 0.6 is 0 Å². The summed E-state index contributed by atoms with van der Waals surface area (Å²) < 4.78 is 71.6. The number of carbonyl (C=O) groups is 2. The molecule has 14 heteroatoms. The molecule has 1 aromatic heterocycles. The van der Waals surface area contributed by atoms with Crippen molar-refractivity contribution in [1.29, 1.82) is 0 Å². The number of H-pyrrole nitrogens is 1. The van der Waals surface area contributed by atoms with E-state index in [0.717, 1.165) is 6.07 Å². The fourth-order valence-corrected chi connectivity index (χ4v) is 4.31. The number of fused-ring (bicyclic) bond motifs is 1. The van der Waals surface area contributed by atoms with E-state index in [-0.39, 0.29) is 49.6 Å². The molecule has 43 heavy (non-hydrogen) atoms. The Balaban J connectivity index is 1.28. The fraction of sp³-hybridized carbons (Fsp3) is 0.414. The Morgan fingerprint density at radius 1 is 0.977 bits per heavy atom. The third kappa shape index (κ3) is 8.76. The standard InChI is InChI=1S/C29H31F3N2O9/c1-38-8-9-39-10-11-40-12-13-41-18-26(35)42-17-21-16-34(28(37)43-21)20-7-6-19-14-25(33-27(36)23(19)15-20)22-4-2-3-5-24(22)29(30,31)32/h2-7,14-15,21H,8-13,16-18H2,1H3,(H,33,36). The molecule has 0 spiro atoms. The normalized spacial score (nSPS) is 15.2. The monoisotopic (exact) mass is 608 g/mol. The van der Waals surface area contributed by atoms with E-state index in [1.54, 1.807) is 13.2 Å². The molecule has 1 saturated heterocycles. The van der Waals surface area contributed by atoms with Crippen LogP contribution in [0.3, 0.4) is 0 Å². The average Bonchev–Trinajstić information content (AvgIpc) is 3.36. The van der Waals surface area contributed by atoms with Crippen molar-refractivity contribution in [3.63, 3.8) is 0 Å². The number of hydrogen-bond donors (Lipinski definition) is 1. The molecule has 1 N–H and O–H groups in total. The highest BCUT2D eigenvalue weighted by atomic mass is 19.4. The molecule has 0 bridgehead atoms. The van der Waals surface area contributed by atoms with Crippen molar-refractivity contribution in [2.24, 2.45) is 0 Å². The Morgan fingerprint density at radius 3 is 2.40 bits per heavy atom. The van der Waals surface area contributed by atoms with Gasteiger partial charge in [-0.3, -0.25) is 9.69 Å². The molecule has 4 rings (SSSR count). The van der Waals surface area contributed by atoms with Crippen molar-refractivity contribution in [3.05, 3.63) is 64.4 Å². The maximum Gasteiger partial charge on any atom is 0.417 e. The maximum absolute atomic E-state index is 13.5. The third-order valence-electron chi connectivity index (χ3n) is 6.36. The van der Waals surface area contributed by atoms with Crippen LogP contribution in [-0.4, -0.2) is 89.7 Å². The molecule has 0 aliphatic carbocycles. The lowest BCUT2D eigenvalue weighted by Gasteiger charge is -2.15. The highest BCUT2D eigenvalue weighted by Crippen LogP contribution is 2.36. The second-order valence-electron chi connectivity index (χ2n) is 9.40. The second kappa shape index (κ2) is 15.0. The van der Waals surface area contributed by atoms with Crippen molar-refractivity contribution in [2.75, 3.05) is 71.4 Å². The van der Waals surface area contributed by atoms with E-state index in [0.29, 0.717) is 37.5 Å². The lowest BCUT2D eigenvalue weighted by atomic mass is 10.0. The van der Waals surface area contributed by atoms with Crippen LogP contribution < -0.4 is 10.5 Å². The van der Waals surface area contributed by atoms with Gasteiger partial charge in [0.05, 0.1) is 51.7 Å². The molecule has 1 fully saturated rings. The maximum atomic E-state index is 13.5. The van der Waals surface area contributed by atoms with Crippen molar-refractivity contribution in [3.8, 4) is 11.3 Å². The van der Waals surface area contributed by atoms with E-state index in [2.05, 4.69) is 4.98 Å². The Morgan fingerprint density at radius 2 is 1.67 bits per heavy atom. The Hall–Kier alpha value is -3.98. The van der Waals surface area contributed by atoms with Crippen LogP contribution in [0.15, 0.2) is 53.3 Å². The summed E-state index contributed by atoms with van der Waals surface area (Å²) in [4.78, 5) is 41.2. The molecule has 1 atom stereocenters. The Labute approximate surface area is 244 Å². The number of alkyl halides is 3. The van der Waals surface area contributed by atoms with E-state index in [4.69, 9.17) is 28.4 Å². The molecule has 1 unspecified atom stereocenters. The number of anilines is 1. The number of esters is 1. The van der Waals surface area contributed by atoms with Gasteiger partial charge in [0.2, 0.25) is 0 Å². The van der Waals surface area contributed by atoms with E-state index < -0.39 is 35.5 Å². The van der Waals surface area contributed by atoms with Crippen molar-refractivity contribution in [2.45, 2.75) is 12.3 Å². The zero-order valence-electron chi connectivity index (χ0n) is 23.3. The molecule has 0 saturated carbocycles. The number of nitrogens with zero attached hydrogens (tertiary/aromatic N) is 1. The number of rotatable bonds is 15. The van der Waals surface area contributed by atoms with E-state index >= 15 is 0 Å². The van der Waals surface area contributed by atoms with Crippen molar-refractivity contribution >= 4 is 28.5 Å². The minimum absolute atomic E-state index is 0.0143. The number of benzene rings is 2. The molecule has 2 heterocycles. The number of pyridine rings is 1. The van der Waals surface area contributed by atoms with Crippen LogP contribution in [0.25, 0.3) is 22.0 Å². The molecule has 11 nitrogen and oxygen atoms in total. The summed E-state index contributed by atoms with van der Waals surface area (Å²) in [6, 6.07) is 10.9. The Kier molecular flexibility index (Phi) is 11.1. The highest BCUT2D eigenvalue weighted by Gasteiger charge is 2.35. The molecule has 2 aromatic carbocycles. The second-order valence-corrected chi connectivity index (χ2v) is 9.40. The smallest absolute Gasteiger partial charge is 0.417 e. The molecule has 1 amide bonds. The molecule has 232 valence electrons. The minimum Gasteiger partial charge on any atom is -0.460 e. The van der Waals surface area contributed by atoms with Crippen LogP contribution in [0.2, 0.25) is 0 Å². The van der Waals surface area contributed by atoms with Crippen molar-refractivity contribution < 1.29 is 51.2 Å². The van der Waals surface area contributed by atoms with Crippen molar-refractivity contribution in [1.82, 2.24) is 4.98 Å². The lowest BCUT2D eigenvalue weighted by molar-refractivity contribution is -0.151. The van der Waals surface area contributed by atoms with E-state index in [1.807, 2.05) is 0 Å². The summed E-state index contributed by atoms with van der Waals surface area (Å²) in [6.45, 7) is 1.77. The Bertz CT molecular complexity index is 1460. The first-order valence-electron chi connectivity index (χ1n) is 13.4. The van der Waals surface area contributed by atoms with Crippen LogP contribution in [-0.2, 0) is 39.4 Å². The lowest BCUT2D eigenvalue weighted by Crippen LogP contribution is -2.27. The minimum atomic E-state index is -4.60. The first-order valence-corrected chi connectivity index (χ1v) is 13.4. The number of hydrogen-bond acceptors (Lipinski definition) is 9. The molecular formula is C29H31F3N2O9. The summed E-state index contributed by atoms with van der Waals surface area (Å²) in [7, 11) is 1.58. The van der Waals surface area contributed by atoms with Crippen LogP contribution in [0.5, 0.6) is 0 Å². The summed E-state index contributed by atoms with van der Waals surface area (Å²) in [5.74, 6) is -0.641. The van der Waals surface area contributed by atoms with Gasteiger partial charge in [-0.25, -0.2) is 9.59 Å². The quantitative estimate of drug-likeness (QED) is 0.203. The molecule has 3 aromatic rings. The van der Waals surface area contributed by atoms with Gasteiger partial charge in [0.15, 0.2) is 6.10 Å². The van der Waals surface area contributed by atoms with Gasteiger partial charge < -0.3 is 33.4 Å². The largest absolute Gasteiger partial charge is 0.460 e. The number of nitrogens with one attached hydrogen (secondary N) is 1. The zero-order chi connectivity index (χ0) is 30.8. The number of ether oxygens (including phenoxy) is 6. The topological polar surface area (TPSA) is 126 Å². The number of methoxy groups -OCH3 is 1. The number of amides is 1.